The maximum atomic E-state index is 13.8. The van der Waals surface area contributed by atoms with Crippen LogP contribution in [-0.4, -0.2) is 18.0 Å². The van der Waals surface area contributed by atoms with Crippen molar-refractivity contribution in [3.8, 4) is 6.07 Å². The molecule has 1 aromatic rings. The van der Waals surface area contributed by atoms with Gasteiger partial charge >= 0.3 is 0 Å². The molecule has 0 aliphatic carbocycles. The van der Waals surface area contributed by atoms with Gasteiger partial charge in [0.25, 0.3) is 5.69 Å². The lowest BCUT2D eigenvalue weighted by atomic mass is 9.98. The Balaban J connectivity index is 2.15. The molecule has 1 saturated heterocycles. The first-order valence-electron chi connectivity index (χ1n) is 5.70. The highest BCUT2D eigenvalue weighted by Gasteiger charge is 2.22. The molecule has 0 radical (unpaired) electrons. The van der Waals surface area contributed by atoms with E-state index >= 15 is 0 Å². The number of hydrogen-bond acceptors (Lipinski definition) is 4. The minimum Gasteiger partial charge on any atom is -0.369 e. The average Bonchev–Trinajstić information content (AvgIpc) is 2.38. The lowest BCUT2D eigenvalue weighted by molar-refractivity contribution is -0.385. The summed E-state index contributed by atoms with van der Waals surface area (Å²) < 4.78 is 13.8. The zero-order chi connectivity index (χ0) is 13.1. The molecule has 0 atom stereocenters. The Morgan fingerprint density at radius 3 is 2.61 bits per heavy atom. The summed E-state index contributed by atoms with van der Waals surface area (Å²) in [5.74, 6) is -0.554. The highest BCUT2D eigenvalue weighted by Crippen LogP contribution is 2.27. The van der Waals surface area contributed by atoms with Crippen LogP contribution in [0.15, 0.2) is 18.2 Å². The first-order chi connectivity index (χ1) is 8.61. The Bertz CT molecular complexity index is 505. The largest absolute Gasteiger partial charge is 0.369 e. The molecule has 5 nitrogen and oxygen atoms in total. The van der Waals surface area contributed by atoms with Crippen molar-refractivity contribution in [2.45, 2.75) is 12.8 Å². The fourth-order valence-electron chi connectivity index (χ4n) is 2.12. The third-order valence-corrected chi connectivity index (χ3v) is 3.16. The van der Waals surface area contributed by atoms with Crippen molar-refractivity contribution < 1.29 is 9.31 Å². The van der Waals surface area contributed by atoms with Crippen molar-refractivity contribution >= 4 is 11.4 Å². The van der Waals surface area contributed by atoms with Gasteiger partial charge in [-0.25, -0.2) is 4.39 Å². The standard InChI is InChI=1S/C12H12FN3O2/c13-11-7-10(16(17)18)1-2-12(11)15-5-3-9(8-14)4-6-15/h1-2,7,9H,3-6H2. The number of nitro benzene ring substituents is 1. The topological polar surface area (TPSA) is 70.2 Å². The molecule has 2 rings (SSSR count). The van der Waals surface area contributed by atoms with Crippen molar-refractivity contribution in [2.75, 3.05) is 18.0 Å². The van der Waals surface area contributed by atoms with Gasteiger partial charge in [-0.15, -0.1) is 0 Å². The zero-order valence-corrected chi connectivity index (χ0v) is 9.67. The van der Waals surface area contributed by atoms with E-state index in [4.69, 9.17) is 5.26 Å². The number of benzene rings is 1. The summed E-state index contributed by atoms with van der Waals surface area (Å²) in [6.45, 7) is 1.21. The van der Waals surface area contributed by atoms with Gasteiger partial charge in [-0.1, -0.05) is 0 Å². The second kappa shape index (κ2) is 5.00. The fourth-order valence-corrected chi connectivity index (χ4v) is 2.12. The van der Waals surface area contributed by atoms with E-state index in [0.717, 1.165) is 6.07 Å². The van der Waals surface area contributed by atoms with E-state index < -0.39 is 10.7 Å². The highest BCUT2D eigenvalue weighted by molar-refractivity contribution is 5.52. The van der Waals surface area contributed by atoms with Crippen molar-refractivity contribution in [1.29, 1.82) is 5.26 Å². The van der Waals surface area contributed by atoms with Gasteiger partial charge in [0.15, 0.2) is 5.82 Å². The molecular formula is C12H12FN3O2. The van der Waals surface area contributed by atoms with Gasteiger partial charge in [0.1, 0.15) is 0 Å². The molecule has 0 aromatic heterocycles. The van der Waals surface area contributed by atoms with Crippen LogP contribution in [0.5, 0.6) is 0 Å². The van der Waals surface area contributed by atoms with Crippen molar-refractivity contribution in [2.24, 2.45) is 5.92 Å². The number of non-ortho nitro benzene ring substituents is 1. The predicted molar refractivity (Wildman–Crippen MR) is 63.6 cm³/mol. The van der Waals surface area contributed by atoms with Gasteiger partial charge in [0.05, 0.1) is 22.7 Å². The summed E-state index contributed by atoms with van der Waals surface area (Å²) in [7, 11) is 0. The first kappa shape index (κ1) is 12.3. The molecule has 0 unspecified atom stereocenters. The summed E-state index contributed by atoms with van der Waals surface area (Å²) in [6, 6.07) is 5.87. The van der Waals surface area contributed by atoms with Gasteiger partial charge in [-0.05, 0) is 18.9 Å². The van der Waals surface area contributed by atoms with E-state index in [1.165, 1.54) is 12.1 Å². The van der Waals surface area contributed by atoms with E-state index in [1.807, 2.05) is 4.90 Å². The molecule has 1 aliphatic heterocycles. The van der Waals surface area contributed by atoms with Crippen LogP contribution in [0, 0.1) is 33.2 Å². The molecule has 0 bridgehead atoms. The number of hydrogen-bond donors (Lipinski definition) is 0. The minimum atomic E-state index is -0.616. The molecule has 18 heavy (non-hydrogen) atoms. The monoisotopic (exact) mass is 249 g/mol. The lowest BCUT2D eigenvalue weighted by Gasteiger charge is -2.31. The van der Waals surface area contributed by atoms with E-state index in [9.17, 15) is 14.5 Å². The maximum Gasteiger partial charge on any atom is 0.272 e. The van der Waals surface area contributed by atoms with Crippen LogP contribution in [-0.2, 0) is 0 Å². The number of nitro groups is 1. The number of halogens is 1. The van der Waals surface area contributed by atoms with E-state index in [1.54, 1.807) is 0 Å². The van der Waals surface area contributed by atoms with Gasteiger partial charge in [0, 0.05) is 25.1 Å². The zero-order valence-electron chi connectivity index (χ0n) is 9.67. The molecule has 6 heteroatoms. The first-order valence-corrected chi connectivity index (χ1v) is 5.70. The molecule has 1 aliphatic rings. The van der Waals surface area contributed by atoms with Gasteiger partial charge in [-0.3, -0.25) is 10.1 Å². The van der Waals surface area contributed by atoms with Crippen molar-refractivity contribution in [3.63, 3.8) is 0 Å². The SMILES string of the molecule is N#CC1CCN(c2ccc([N+](=O)[O-])cc2F)CC1. The molecule has 0 saturated carbocycles. The van der Waals surface area contributed by atoms with Crippen LogP contribution in [0.2, 0.25) is 0 Å². The maximum absolute atomic E-state index is 13.8. The Morgan fingerprint density at radius 2 is 2.11 bits per heavy atom. The number of piperidine rings is 1. The normalized spacial score (nSPS) is 16.3. The summed E-state index contributed by atoms with van der Waals surface area (Å²) >= 11 is 0. The Morgan fingerprint density at radius 1 is 1.44 bits per heavy atom. The molecular weight excluding hydrogens is 237 g/mol. The second-order valence-electron chi connectivity index (χ2n) is 4.28. The lowest BCUT2D eigenvalue weighted by Crippen LogP contribution is -2.33. The Labute approximate surface area is 104 Å². The molecule has 1 heterocycles. The third-order valence-electron chi connectivity index (χ3n) is 3.16. The van der Waals surface area contributed by atoms with Crippen LogP contribution in [0.1, 0.15) is 12.8 Å². The highest BCUT2D eigenvalue weighted by atomic mass is 19.1. The quantitative estimate of drug-likeness (QED) is 0.596. The number of anilines is 1. The van der Waals surface area contributed by atoms with Crippen LogP contribution in [0.3, 0.4) is 0 Å². The van der Waals surface area contributed by atoms with Gasteiger partial charge in [0.2, 0.25) is 0 Å². The van der Waals surface area contributed by atoms with Crippen molar-refractivity contribution in [1.82, 2.24) is 0 Å². The summed E-state index contributed by atoms with van der Waals surface area (Å²) in [5.41, 5.74) is 0.125. The van der Waals surface area contributed by atoms with E-state index in [-0.39, 0.29) is 11.6 Å². The molecule has 0 amide bonds. The Kier molecular flexibility index (Phi) is 3.42. The molecule has 94 valence electrons. The Hall–Kier alpha value is -2.16. The number of nitrogens with zero attached hydrogens (tertiary/aromatic N) is 3. The number of nitriles is 1. The van der Waals surface area contributed by atoms with Crippen LogP contribution in [0.25, 0.3) is 0 Å². The summed E-state index contributed by atoms with van der Waals surface area (Å²) in [6.07, 6.45) is 1.40. The van der Waals surface area contributed by atoms with Gasteiger partial charge in [-0.2, -0.15) is 5.26 Å². The van der Waals surface area contributed by atoms with Crippen LogP contribution >= 0.6 is 0 Å². The molecule has 0 spiro atoms. The molecule has 1 aromatic carbocycles. The second-order valence-corrected chi connectivity index (χ2v) is 4.28. The predicted octanol–water partition coefficient (Wildman–Crippen LogP) is 2.47. The number of rotatable bonds is 2. The minimum absolute atomic E-state index is 0.0300. The molecule has 0 N–H and O–H groups in total. The molecule has 1 fully saturated rings. The van der Waals surface area contributed by atoms with Crippen molar-refractivity contribution in [3.05, 3.63) is 34.1 Å². The van der Waals surface area contributed by atoms with E-state index in [2.05, 4.69) is 6.07 Å². The average molecular weight is 249 g/mol. The van der Waals surface area contributed by atoms with E-state index in [0.29, 0.717) is 31.6 Å². The van der Waals surface area contributed by atoms with Crippen LogP contribution in [0.4, 0.5) is 15.8 Å². The van der Waals surface area contributed by atoms with Gasteiger partial charge < -0.3 is 4.90 Å². The fraction of sp³-hybridized carbons (Fsp3) is 0.417. The third kappa shape index (κ3) is 2.40. The van der Waals surface area contributed by atoms with Crippen LogP contribution < -0.4 is 4.90 Å². The smallest absolute Gasteiger partial charge is 0.272 e. The summed E-state index contributed by atoms with van der Waals surface area (Å²) in [5, 5.41) is 19.3. The summed E-state index contributed by atoms with van der Waals surface area (Å²) in [4.78, 5) is 11.7.